The van der Waals surface area contributed by atoms with Crippen LogP contribution in [0.5, 0.6) is 0 Å². The predicted molar refractivity (Wildman–Crippen MR) is 75.7 cm³/mol. The third-order valence-corrected chi connectivity index (χ3v) is 3.80. The summed E-state index contributed by atoms with van der Waals surface area (Å²) in [6, 6.07) is 3.73. The third kappa shape index (κ3) is 2.78. The Bertz CT molecular complexity index is 468. The molecule has 3 N–H and O–H groups in total. The Morgan fingerprint density at radius 1 is 1.42 bits per heavy atom. The van der Waals surface area contributed by atoms with Gasteiger partial charge in [-0.1, -0.05) is 5.16 Å². The largest absolute Gasteiger partial charge is 0.409 e. The average molecular weight is 263 g/mol. The van der Waals surface area contributed by atoms with Gasteiger partial charge in [0.1, 0.15) is 5.69 Å². The van der Waals surface area contributed by atoms with Crippen molar-refractivity contribution in [3.05, 3.63) is 24.0 Å². The van der Waals surface area contributed by atoms with E-state index in [0.29, 0.717) is 5.69 Å². The van der Waals surface area contributed by atoms with Gasteiger partial charge in [0.25, 0.3) is 0 Å². The molecule has 0 unspecified atom stereocenters. The second-order valence-corrected chi connectivity index (χ2v) is 5.54. The fourth-order valence-electron chi connectivity index (χ4n) is 2.24. The van der Waals surface area contributed by atoms with Crippen LogP contribution in [0.15, 0.2) is 23.5 Å². The van der Waals surface area contributed by atoms with E-state index in [-0.39, 0.29) is 11.4 Å². The highest BCUT2D eigenvalue weighted by atomic mass is 16.4. The maximum atomic E-state index is 8.61. The maximum Gasteiger partial charge on any atom is 0.188 e. The van der Waals surface area contributed by atoms with Gasteiger partial charge in [0.05, 0.1) is 11.9 Å². The minimum absolute atomic E-state index is 0.0326. The van der Waals surface area contributed by atoms with E-state index in [2.05, 4.69) is 40.8 Å². The quantitative estimate of drug-likeness (QED) is 0.355. The van der Waals surface area contributed by atoms with Crippen LogP contribution in [0.25, 0.3) is 0 Å². The van der Waals surface area contributed by atoms with Gasteiger partial charge in [-0.25, -0.2) is 0 Å². The number of hydrogen-bond donors (Lipinski definition) is 2. The zero-order valence-electron chi connectivity index (χ0n) is 11.7. The van der Waals surface area contributed by atoms with E-state index in [1.54, 1.807) is 12.3 Å². The van der Waals surface area contributed by atoms with Crippen LogP contribution < -0.4 is 10.6 Å². The second kappa shape index (κ2) is 5.05. The van der Waals surface area contributed by atoms with Gasteiger partial charge in [-0.15, -0.1) is 0 Å². The number of pyridine rings is 1. The number of oxime groups is 1. The molecule has 6 heteroatoms. The van der Waals surface area contributed by atoms with Gasteiger partial charge in [0.2, 0.25) is 0 Å². The molecule has 1 saturated heterocycles. The van der Waals surface area contributed by atoms with Crippen molar-refractivity contribution < 1.29 is 5.21 Å². The molecule has 0 radical (unpaired) electrons. The summed E-state index contributed by atoms with van der Waals surface area (Å²) in [4.78, 5) is 8.89. The Morgan fingerprint density at radius 2 is 2.16 bits per heavy atom. The van der Waals surface area contributed by atoms with Gasteiger partial charge in [-0.3, -0.25) is 9.88 Å². The summed E-state index contributed by atoms with van der Waals surface area (Å²) in [5.41, 5.74) is 7.19. The van der Waals surface area contributed by atoms with E-state index in [0.717, 1.165) is 25.3 Å². The number of amidine groups is 1. The van der Waals surface area contributed by atoms with E-state index in [1.807, 2.05) is 6.07 Å². The van der Waals surface area contributed by atoms with Crippen LogP contribution in [-0.2, 0) is 0 Å². The van der Waals surface area contributed by atoms with Crippen molar-refractivity contribution in [2.24, 2.45) is 10.9 Å². The van der Waals surface area contributed by atoms with Gasteiger partial charge < -0.3 is 15.8 Å². The summed E-state index contributed by atoms with van der Waals surface area (Å²) in [5, 5.41) is 11.6. The van der Waals surface area contributed by atoms with Crippen molar-refractivity contribution in [2.45, 2.75) is 19.4 Å². The van der Waals surface area contributed by atoms with Crippen molar-refractivity contribution >= 4 is 11.5 Å². The SMILES string of the molecule is CN1CCN(c2ccc(/C(N)=N/O)nc2)CC1(C)C. The molecule has 0 aliphatic carbocycles. The molecule has 1 aromatic heterocycles. The highest BCUT2D eigenvalue weighted by Crippen LogP contribution is 2.23. The zero-order valence-corrected chi connectivity index (χ0v) is 11.7. The van der Waals surface area contributed by atoms with Crippen molar-refractivity contribution in [1.29, 1.82) is 0 Å². The molecule has 1 fully saturated rings. The van der Waals surface area contributed by atoms with Gasteiger partial charge >= 0.3 is 0 Å². The fraction of sp³-hybridized carbons (Fsp3) is 0.538. The molecule has 6 nitrogen and oxygen atoms in total. The van der Waals surface area contributed by atoms with Crippen molar-refractivity contribution in [1.82, 2.24) is 9.88 Å². The highest BCUT2D eigenvalue weighted by molar-refractivity contribution is 5.95. The van der Waals surface area contributed by atoms with Crippen LogP contribution in [0.4, 0.5) is 5.69 Å². The number of aromatic nitrogens is 1. The van der Waals surface area contributed by atoms with Crippen molar-refractivity contribution in [2.75, 3.05) is 31.6 Å². The summed E-state index contributed by atoms with van der Waals surface area (Å²) in [6.07, 6.45) is 1.77. The van der Waals surface area contributed by atoms with Crippen LogP contribution in [0, 0.1) is 0 Å². The Kier molecular flexibility index (Phi) is 3.61. The number of piperazine rings is 1. The molecule has 0 saturated carbocycles. The van der Waals surface area contributed by atoms with E-state index in [4.69, 9.17) is 10.9 Å². The topological polar surface area (TPSA) is 78.0 Å². The molecule has 0 aromatic carbocycles. The minimum atomic E-state index is 0.0326. The smallest absolute Gasteiger partial charge is 0.188 e. The Hall–Kier alpha value is -1.82. The molecular formula is C13H21N5O. The predicted octanol–water partition coefficient (Wildman–Crippen LogP) is 0.706. The molecule has 1 aromatic rings. The molecule has 0 bridgehead atoms. The van der Waals surface area contributed by atoms with E-state index < -0.39 is 0 Å². The number of nitrogens with two attached hydrogens (primary N) is 1. The Labute approximate surface area is 113 Å². The Morgan fingerprint density at radius 3 is 2.68 bits per heavy atom. The maximum absolute atomic E-state index is 8.61. The molecule has 2 rings (SSSR count). The van der Waals surface area contributed by atoms with Crippen LogP contribution in [-0.4, -0.2) is 53.1 Å². The molecule has 0 atom stereocenters. The molecular weight excluding hydrogens is 242 g/mol. The van der Waals surface area contributed by atoms with Crippen LogP contribution in [0.3, 0.4) is 0 Å². The molecule has 104 valence electrons. The first-order valence-corrected chi connectivity index (χ1v) is 6.34. The molecule has 1 aliphatic rings. The number of rotatable bonds is 2. The fourth-order valence-corrected chi connectivity index (χ4v) is 2.24. The summed E-state index contributed by atoms with van der Waals surface area (Å²) >= 11 is 0. The van der Waals surface area contributed by atoms with Crippen LogP contribution in [0.2, 0.25) is 0 Å². The normalized spacial score (nSPS) is 20.6. The van der Waals surface area contributed by atoms with Crippen LogP contribution in [0.1, 0.15) is 19.5 Å². The summed E-state index contributed by atoms with van der Waals surface area (Å²) < 4.78 is 0. The first-order valence-electron chi connectivity index (χ1n) is 6.34. The van der Waals surface area contributed by atoms with Gasteiger partial charge in [0, 0.05) is 25.2 Å². The van der Waals surface area contributed by atoms with Gasteiger partial charge in [-0.2, -0.15) is 0 Å². The van der Waals surface area contributed by atoms with Crippen LogP contribution >= 0.6 is 0 Å². The van der Waals surface area contributed by atoms with Crippen molar-refractivity contribution in [3.8, 4) is 0 Å². The number of hydrogen-bond acceptors (Lipinski definition) is 5. The third-order valence-electron chi connectivity index (χ3n) is 3.80. The van der Waals surface area contributed by atoms with E-state index in [1.165, 1.54) is 0 Å². The lowest BCUT2D eigenvalue weighted by Crippen LogP contribution is -2.57. The summed E-state index contributed by atoms with van der Waals surface area (Å²) in [7, 11) is 2.15. The number of nitrogens with zero attached hydrogens (tertiary/aromatic N) is 4. The monoisotopic (exact) mass is 263 g/mol. The summed E-state index contributed by atoms with van der Waals surface area (Å²) in [6.45, 7) is 7.42. The molecule has 1 aliphatic heterocycles. The van der Waals surface area contributed by atoms with Gasteiger partial charge in [-0.05, 0) is 33.0 Å². The number of likely N-dealkylation sites (N-methyl/N-ethyl adjacent to an activating group) is 1. The highest BCUT2D eigenvalue weighted by Gasteiger charge is 2.31. The van der Waals surface area contributed by atoms with E-state index in [9.17, 15) is 0 Å². The lowest BCUT2D eigenvalue weighted by Gasteiger charge is -2.46. The molecule has 0 amide bonds. The number of anilines is 1. The van der Waals surface area contributed by atoms with Gasteiger partial charge in [0.15, 0.2) is 5.84 Å². The van der Waals surface area contributed by atoms with Crippen molar-refractivity contribution in [3.63, 3.8) is 0 Å². The average Bonchev–Trinajstić information content (AvgIpc) is 2.41. The lowest BCUT2D eigenvalue weighted by molar-refractivity contribution is 0.139. The zero-order chi connectivity index (χ0) is 14.0. The molecule has 19 heavy (non-hydrogen) atoms. The first kappa shape index (κ1) is 13.6. The molecule has 0 spiro atoms. The summed E-state index contributed by atoms with van der Waals surface area (Å²) in [5.74, 6) is 0.0326. The molecule has 2 heterocycles. The minimum Gasteiger partial charge on any atom is -0.409 e. The van der Waals surface area contributed by atoms with E-state index >= 15 is 0 Å². The lowest BCUT2D eigenvalue weighted by atomic mass is 9.99. The standard InChI is InChI=1S/C13H21N5O/c1-13(2)9-18(7-6-17(13)3)10-4-5-11(15-8-10)12(14)16-19/h4-5,8,19H,6-7,9H2,1-3H3,(H2,14,16). The first-order chi connectivity index (χ1) is 8.94. The second-order valence-electron chi connectivity index (χ2n) is 5.54. The Balaban J connectivity index is 2.15.